The van der Waals surface area contributed by atoms with E-state index in [9.17, 15) is 27.6 Å². The second kappa shape index (κ2) is 9.63. The molecular weight excluding hydrogens is 417 g/mol. The number of piperidine rings is 1. The first-order valence-corrected chi connectivity index (χ1v) is 9.62. The van der Waals surface area contributed by atoms with Crippen LogP contribution >= 0.6 is 0 Å². The highest BCUT2D eigenvalue weighted by molar-refractivity contribution is 5.92. The van der Waals surface area contributed by atoms with Gasteiger partial charge in [-0.2, -0.15) is 18.3 Å². The number of benzene rings is 1. The lowest BCUT2D eigenvalue weighted by atomic mass is 9.95. The molecule has 0 unspecified atom stereocenters. The molecule has 1 aliphatic rings. The van der Waals surface area contributed by atoms with Crippen LogP contribution in [0.2, 0.25) is 0 Å². The number of rotatable bonds is 6. The number of ether oxygens (including phenoxy) is 1. The number of likely N-dealkylation sites (tertiary alicyclic amines) is 1. The first-order valence-electron chi connectivity index (χ1n) is 9.62. The van der Waals surface area contributed by atoms with Gasteiger partial charge in [-0.1, -0.05) is 18.2 Å². The van der Waals surface area contributed by atoms with Crippen molar-refractivity contribution in [1.82, 2.24) is 14.7 Å². The van der Waals surface area contributed by atoms with Gasteiger partial charge in [0.05, 0.1) is 0 Å². The summed E-state index contributed by atoms with van der Waals surface area (Å²) in [6.07, 6.45) is -2.63. The number of hydrogen-bond donors (Lipinski definition) is 1. The van der Waals surface area contributed by atoms with Crippen molar-refractivity contribution < 1.29 is 32.3 Å². The van der Waals surface area contributed by atoms with Gasteiger partial charge in [0, 0.05) is 30.9 Å². The highest BCUT2D eigenvalue weighted by Gasteiger charge is 2.33. The molecular formula is C20H21F3N4O4. The quantitative estimate of drug-likeness (QED) is 0.699. The molecule has 0 saturated carbocycles. The van der Waals surface area contributed by atoms with E-state index in [0.717, 1.165) is 16.9 Å². The average Bonchev–Trinajstić information content (AvgIpc) is 3.22. The van der Waals surface area contributed by atoms with E-state index in [1.165, 1.54) is 4.90 Å². The SMILES string of the molecule is O=C(Cn1ccc(C(F)(F)F)n1)OCC(=O)N1CCC(C(=O)Nc2ccccc2)CC1. The summed E-state index contributed by atoms with van der Waals surface area (Å²) in [6.45, 7) is -0.368. The number of para-hydroxylation sites is 1. The highest BCUT2D eigenvalue weighted by Crippen LogP contribution is 2.27. The van der Waals surface area contributed by atoms with Crippen LogP contribution in [0.1, 0.15) is 18.5 Å². The average molecular weight is 438 g/mol. The molecule has 1 aromatic carbocycles. The molecule has 2 heterocycles. The van der Waals surface area contributed by atoms with Gasteiger partial charge in [0.15, 0.2) is 12.3 Å². The van der Waals surface area contributed by atoms with Gasteiger partial charge in [-0.3, -0.25) is 19.1 Å². The summed E-state index contributed by atoms with van der Waals surface area (Å²) in [5.74, 6) is -1.63. The fraction of sp³-hybridized carbons (Fsp3) is 0.400. The van der Waals surface area contributed by atoms with Crippen LogP contribution in [-0.4, -0.2) is 52.2 Å². The Kier molecular flexibility index (Phi) is 6.93. The summed E-state index contributed by atoms with van der Waals surface area (Å²) in [5.41, 5.74) is -0.409. The number of aromatic nitrogens is 2. The van der Waals surface area contributed by atoms with E-state index in [1.807, 2.05) is 18.2 Å². The maximum Gasteiger partial charge on any atom is 0.435 e. The van der Waals surface area contributed by atoms with Crippen LogP contribution < -0.4 is 5.32 Å². The number of halogens is 3. The van der Waals surface area contributed by atoms with Crippen molar-refractivity contribution >= 4 is 23.5 Å². The predicted molar refractivity (Wildman–Crippen MR) is 103 cm³/mol. The van der Waals surface area contributed by atoms with E-state index in [2.05, 4.69) is 10.4 Å². The van der Waals surface area contributed by atoms with Crippen molar-refractivity contribution in [1.29, 1.82) is 0 Å². The molecule has 0 atom stereocenters. The Balaban J connectivity index is 1.39. The number of carbonyl (C=O) groups excluding carboxylic acids is 3. The summed E-state index contributed by atoms with van der Waals surface area (Å²) in [6, 6.07) is 9.81. The molecule has 166 valence electrons. The zero-order chi connectivity index (χ0) is 22.4. The van der Waals surface area contributed by atoms with E-state index >= 15 is 0 Å². The maximum atomic E-state index is 12.5. The standard InChI is InChI=1S/C20H21F3N4O4/c21-20(22,23)16-8-11-27(25-16)12-18(29)31-13-17(28)26-9-6-14(7-10-26)19(30)24-15-4-2-1-3-5-15/h1-5,8,11,14H,6-7,9-10,12-13H2,(H,24,30). The molecule has 2 aromatic rings. The minimum atomic E-state index is -4.60. The van der Waals surface area contributed by atoms with Crippen molar-refractivity contribution in [3.05, 3.63) is 48.3 Å². The number of esters is 1. The van der Waals surface area contributed by atoms with E-state index < -0.39 is 36.9 Å². The number of amides is 2. The molecule has 1 aromatic heterocycles. The third-order valence-corrected chi connectivity index (χ3v) is 4.84. The van der Waals surface area contributed by atoms with Crippen LogP contribution in [0.25, 0.3) is 0 Å². The molecule has 0 bridgehead atoms. The lowest BCUT2D eigenvalue weighted by molar-refractivity contribution is -0.153. The summed E-state index contributed by atoms with van der Waals surface area (Å²) >= 11 is 0. The first kappa shape index (κ1) is 22.3. The second-order valence-electron chi connectivity index (χ2n) is 7.07. The number of nitrogens with zero attached hydrogens (tertiary/aromatic N) is 3. The Labute approximate surface area is 176 Å². The van der Waals surface area contributed by atoms with Gasteiger partial charge in [-0.15, -0.1) is 0 Å². The molecule has 0 radical (unpaired) electrons. The Morgan fingerprint density at radius 1 is 1.10 bits per heavy atom. The fourth-order valence-corrected chi connectivity index (χ4v) is 3.17. The lowest BCUT2D eigenvalue weighted by Gasteiger charge is -2.31. The van der Waals surface area contributed by atoms with Crippen molar-refractivity contribution in [2.45, 2.75) is 25.6 Å². The number of anilines is 1. The molecule has 2 amide bonds. The zero-order valence-electron chi connectivity index (χ0n) is 16.5. The Hall–Kier alpha value is -3.37. The van der Waals surface area contributed by atoms with Gasteiger partial charge in [0.2, 0.25) is 5.91 Å². The van der Waals surface area contributed by atoms with Gasteiger partial charge in [-0.25, -0.2) is 0 Å². The molecule has 1 aliphatic heterocycles. The summed E-state index contributed by atoms with van der Waals surface area (Å²) < 4.78 is 43.2. The molecule has 1 saturated heterocycles. The minimum absolute atomic E-state index is 0.109. The zero-order valence-corrected chi connectivity index (χ0v) is 16.5. The Morgan fingerprint density at radius 2 is 1.77 bits per heavy atom. The Bertz CT molecular complexity index is 922. The highest BCUT2D eigenvalue weighted by atomic mass is 19.4. The number of carbonyl (C=O) groups is 3. The molecule has 11 heteroatoms. The van der Waals surface area contributed by atoms with E-state index in [-0.39, 0.29) is 11.8 Å². The van der Waals surface area contributed by atoms with E-state index in [0.29, 0.717) is 31.6 Å². The van der Waals surface area contributed by atoms with Crippen LogP contribution in [0.4, 0.5) is 18.9 Å². The van der Waals surface area contributed by atoms with Gasteiger partial charge < -0.3 is 15.0 Å². The monoisotopic (exact) mass is 438 g/mol. The second-order valence-corrected chi connectivity index (χ2v) is 7.07. The van der Waals surface area contributed by atoms with Crippen molar-refractivity contribution in [3.8, 4) is 0 Å². The molecule has 0 aliphatic carbocycles. The van der Waals surface area contributed by atoms with E-state index in [4.69, 9.17) is 4.74 Å². The van der Waals surface area contributed by atoms with Crippen molar-refractivity contribution in [2.75, 3.05) is 25.0 Å². The summed E-state index contributed by atoms with van der Waals surface area (Å²) in [4.78, 5) is 37.8. The van der Waals surface area contributed by atoms with Crippen LogP contribution in [0.15, 0.2) is 42.6 Å². The minimum Gasteiger partial charge on any atom is -0.454 e. The van der Waals surface area contributed by atoms with Crippen LogP contribution in [-0.2, 0) is 31.8 Å². The predicted octanol–water partition coefficient (Wildman–Crippen LogP) is 2.32. The molecule has 1 N–H and O–H groups in total. The third-order valence-electron chi connectivity index (χ3n) is 4.84. The van der Waals surface area contributed by atoms with Gasteiger partial charge in [-0.05, 0) is 31.0 Å². The maximum absolute atomic E-state index is 12.5. The molecule has 8 nitrogen and oxygen atoms in total. The number of nitrogens with one attached hydrogen (secondary N) is 1. The summed E-state index contributed by atoms with van der Waals surface area (Å²) in [5, 5.41) is 6.09. The smallest absolute Gasteiger partial charge is 0.435 e. The lowest BCUT2D eigenvalue weighted by Crippen LogP contribution is -2.43. The van der Waals surface area contributed by atoms with Crippen molar-refractivity contribution in [3.63, 3.8) is 0 Å². The van der Waals surface area contributed by atoms with Gasteiger partial charge in [0.1, 0.15) is 6.54 Å². The topological polar surface area (TPSA) is 93.5 Å². The molecule has 31 heavy (non-hydrogen) atoms. The molecule has 3 rings (SSSR count). The normalized spacial score (nSPS) is 14.9. The summed E-state index contributed by atoms with van der Waals surface area (Å²) in [7, 11) is 0. The first-order chi connectivity index (χ1) is 14.7. The van der Waals surface area contributed by atoms with Crippen molar-refractivity contribution in [2.24, 2.45) is 5.92 Å². The number of hydrogen-bond acceptors (Lipinski definition) is 5. The largest absolute Gasteiger partial charge is 0.454 e. The van der Waals surface area contributed by atoms with Gasteiger partial charge in [0.25, 0.3) is 5.91 Å². The third kappa shape index (κ3) is 6.30. The Morgan fingerprint density at radius 3 is 2.39 bits per heavy atom. The van der Waals surface area contributed by atoms with Crippen LogP contribution in [0.5, 0.6) is 0 Å². The van der Waals surface area contributed by atoms with Crippen LogP contribution in [0, 0.1) is 5.92 Å². The van der Waals surface area contributed by atoms with Crippen LogP contribution in [0.3, 0.4) is 0 Å². The fourth-order valence-electron chi connectivity index (χ4n) is 3.17. The molecule has 1 fully saturated rings. The molecule has 0 spiro atoms. The van der Waals surface area contributed by atoms with E-state index in [1.54, 1.807) is 12.1 Å². The number of alkyl halides is 3. The van der Waals surface area contributed by atoms with Gasteiger partial charge >= 0.3 is 12.1 Å².